The zero-order valence-corrected chi connectivity index (χ0v) is 12.8. The van der Waals surface area contributed by atoms with Crippen LogP contribution in [-0.2, 0) is 0 Å². The van der Waals surface area contributed by atoms with E-state index in [9.17, 15) is 18.4 Å². The maximum atomic E-state index is 13.4. The van der Waals surface area contributed by atoms with Gasteiger partial charge in [0.1, 0.15) is 11.6 Å². The molecule has 2 rings (SSSR count). The van der Waals surface area contributed by atoms with Crippen LogP contribution < -0.4 is 16.2 Å². The molecule has 0 atom stereocenters. The number of urea groups is 1. The molecule has 3 amide bonds. The summed E-state index contributed by atoms with van der Waals surface area (Å²) in [6.07, 6.45) is 0. The van der Waals surface area contributed by atoms with Crippen molar-refractivity contribution in [1.82, 2.24) is 10.9 Å². The van der Waals surface area contributed by atoms with E-state index in [0.29, 0.717) is 11.1 Å². The van der Waals surface area contributed by atoms with Gasteiger partial charge in [-0.05, 0) is 30.3 Å². The Kier molecular flexibility index (Phi) is 5.36. The Morgan fingerprint density at radius 3 is 2.35 bits per heavy atom. The van der Waals surface area contributed by atoms with Crippen molar-refractivity contribution in [3.8, 4) is 0 Å². The van der Waals surface area contributed by atoms with E-state index in [4.69, 9.17) is 23.2 Å². The number of hydrogen-bond acceptors (Lipinski definition) is 2. The fourth-order valence-electron chi connectivity index (χ4n) is 1.60. The Bertz CT molecular complexity index is 772. The molecule has 0 saturated carbocycles. The van der Waals surface area contributed by atoms with E-state index >= 15 is 0 Å². The van der Waals surface area contributed by atoms with E-state index in [1.54, 1.807) is 0 Å². The molecule has 120 valence electrons. The fraction of sp³-hybridized carbons (Fsp3) is 0. The number of halogens is 4. The van der Waals surface area contributed by atoms with Gasteiger partial charge in [-0.1, -0.05) is 23.2 Å². The van der Waals surface area contributed by atoms with Crippen LogP contribution in [0, 0.1) is 11.6 Å². The van der Waals surface area contributed by atoms with Crippen LogP contribution in [0.4, 0.5) is 19.3 Å². The van der Waals surface area contributed by atoms with Crippen LogP contribution in [0.1, 0.15) is 10.4 Å². The van der Waals surface area contributed by atoms with Gasteiger partial charge in [-0.3, -0.25) is 10.2 Å². The fourth-order valence-corrected chi connectivity index (χ4v) is 2.09. The molecule has 0 aromatic heterocycles. The second kappa shape index (κ2) is 7.26. The van der Waals surface area contributed by atoms with Gasteiger partial charge >= 0.3 is 6.03 Å². The van der Waals surface area contributed by atoms with Gasteiger partial charge in [0.15, 0.2) is 0 Å². The van der Waals surface area contributed by atoms with Gasteiger partial charge in [-0.25, -0.2) is 19.0 Å². The number of carbonyl (C=O) groups is 2. The van der Waals surface area contributed by atoms with Gasteiger partial charge in [0.05, 0.1) is 16.3 Å². The Morgan fingerprint density at radius 1 is 0.957 bits per heavy atom. The molecule has 0 aliphatic heterocycles. The molecule has 0 fully saturated rings. The smallest absolute Gasteiger partial charge is 0.304 e. The van der Waals surface area contributed by atoms with Crippen molar-refractivity contribution < 1.29 is 18.4 Å². The number of hydrazine groups is 1. The van der Waals surface area contributed by atoms with Gasteiger partial charge in [0.25, 0.3) is 5.91 Å². The average molecular weight is 360 g/mol. The third-order valence-electron chi connectivity index (χ3n) is 2.64. The Morgan fingerprint density at radius 2 is 1.70 bits per heavy atom. The van der Waals surface area contributed by atoms with Gasteiger partial charge in [-0.2, -0.15) is 0 Å². The largest absolute Gasteiger partial charge is 0.338 e. The van der Waals surface area contributed by atoms with Crippen LogP contribution in [0.3, 0.4) is 0 Å². The summed E-state index contributed by atoms with van der Waals surface area (Å²) >= 11 is 11.6. The normalized spacial score (nSPS) is 10.1. The lowest BCUT2D eigenvalue weighted by Gasteiger charge is -2.10. The highest BCUT2D eigenvalue weighted by Crippen LogP contribution is 2.20. The summed E-state index contributed by atoms with van der Waals surface area (Å²) in [4.78, 5) is 23.4. The SMILES string of the molecule is O=C(NNC(=O)c1ccc(Cl)cc1Cl)Nc1ccc(F)cc1F. The van der Waals surface area contributed by atoms with Crippen molar-refractivity contribution in [2.75, 3.05) is 5.32 Å². The Hall–Kier alpha value is -2.38. The summed E-state index contributed by atoms with van der Waals surface area (Å²) in [5.74, 6) is -2.42. The Labute approximate surface area is 139 Å². The molecule has 9 heteroatoms. The molecule has 0 bridgehead atoms. The molecule has 0 heterocycles. The van der Waals surface area contributed by atoms with E-state index in [0.717, 1.165) is 12.1 Å². The van der Waals surface area contributed by atoms with Crippen molar-refractivity contribution >= 4 is 40.8 Å². The predicted octanol–water partition coefficient (Wildman–Crippen LogP) is 3.74. The van der Waals surface area contributed by atoms with Crippen LogP contribution >= 0.6 is 23.2 Å². The highest BCUT2D eigenvalue weighted by atomic mass is 35.5. The first kappa shape index (κ1) is 17.0. The highest BCUT2D eigenvalue weighted by molar-refractivity contribution is 6.36. The summed E-state index contributed by atoms with van der Waals surface area (Å²) in [5.41, 5.74) is 3.94. The number of hydrogen-bond donors (Lipinski definition) is 3. The molecular formula is C14H9Cl2F2N3O2. The van der Waals surface area contributed by atoms with Crippen LogP contribution in [0.2, 0.25) is 10.0 Å². The molecule has 0 aliphatic carbocycles. The van der Waals surface area contributed by atoms with Crippen LogP contribution in [0.25, 0.3) is 0 Å². The maximum absolute atomic E-state index is 13.4. The number of amides is 3. The van der Waals surface area contributed by atoms with Gasteiger partial charge in [-0.15, -0.1) is 0 Å². The Balaban J connectivity index is 1.94. The first-order valence-corrected chi connectivity index (χ1v) is 6.90. The third-order valence-corrected chi connectivity index (χ3v) is 3.19. The minimum atomic E-state index is -0.952. The number of nitrogens with one attached hydrogen (secondary N) is 3. The first-order valence-electron chi connectivity index (χ1n) is 6.14. The quantitative estimate of drug-likeness (QED) is 0.714. The van der Waals surface area contributed by atoms with E-state index in [-0.39, 0.29) is 16.3 Å². The number of benzene rings is 2. The van der Waals surface area contributed by atoms with Crippen molar-refractivity contribution in [2.45, 2.75) is 0 Å². The predicted molar refractivity (Wildman–Crippen MR) is 82.4 cm³/mol. The third kappa shape index (κ3) is 4.54. The summed E-state index contributed by atoms with van der Waals surface area (Å²) in [6.45, 7) is 0. The molecule has 0 unspecified atom stereocenters. The monoisotopic (exact) mass is 359 g/mol. The van der Waals surface area contributed by atoms with Gasteiger partial charge in [0, 0.05) is 11.1 Å². The zero-order valence-electron chi connectivity index (χ0n) is 11.3. The molecule has 2 aromatic carbocycles. The highest BCUT2D eigenvalue weighted by Gasteiger charge is 2.12. The lowest BCUT2D eigenvalue weighted by atomic mass is 10.2. The van der Waals surface area contributed by atoms with E-state index < -0.39 is 23.6 Å². The average Bonchev–Trinajstić information content (AvgIpc) is 2.48. The van der Waals surface area contributed by atoms with E-state index in [1.807, 2.05) is 5.43 Å². The summed E-state index contributed by atoms with van der Waals surface area (Å²) < 4.78 is 26.1. The lowest BCUT2D eigenvalue weighted by Crippen LogP contribution is -2.44. The first-order chi connectivity index (χ1) is 10.9. The number of rotatable bonds is 2. The summed E-state index contributed by atoms with van der Waals surface area (Å²) in [5, 5.41) is 2.56. The molecule has 0 saturated heterocycles. The van der Waals surface area contributed by atoms with Crippen molar-refractivity contribution in [1.29, 1.82) is 0 Å². The van der Waals surface area contributed by atoms with Crippen molar-refractivity contribution in [3.05, 3.63) is 63.6 Å². The topological polar surface area (TPSA) is 70.2 Å². The van der Waals surface area contributed by atoms with Crippen LogP contribution in [0.5, 0.6) is 0 Å². The van der Waals surface area contributed by atoms with E-state index in [2.05, 4.69) is 10.7 Å². The standard InChI is InChI=1S/C14H9Cl2F2N3O2/c15-7-1-3-9(10(16)5-7)13(22)20-21-14(23)19-12-4-2-8(17)6-11(12)18/h1-6H,(H,20,22)(H2,19,21,23). The minimum Gasteiger partial charge on any atom is -0.304 e. The minimum absolute atomic E-state index is 0.0873. The zero-order chi connectivity index (χ0) is 17.0. The second-order valence-electron chi connectivity index (χ2n) is 4.28. The maximum Gasteiger partial charge on any atom is 0.338 e. The lowest BCUT2D eigenvalue weighted by molar-refractivity contribution is 0.0938. The molecule has 0 radical (unpaired) electrons. The van der Waals surface area contributed by atoms with Crippen molar-refractivity contribution in [2.24, 2.45) is 0 Å². The molecule has 3 N–H and O–H groups in total. The summed E-state index contributed by atoms with van der Waals surface area (Å²) in [6, 6.07) is 5.91. The molecule has 23 heavy (non-hydrogen) atoms. The molecule has 5 nitrogen and oxygen atoms in total. The summed E-state index contributed by atoms with van der Waals surface area (Å²) in [7, 11) is 0. The second-order valence-corrected chi connectivity index (χ2v) is 5.13. The number of anilines is 1. The van der Waals surface area contributed by atoms with E-state index in [1.165, 1.54) is 18.2 Å². The molecule has 2 aromatic rings. The van der Waals surface area contributed by atoms with Crippen molar-refractivity contribution in [3.63, 3.8) is 0 Å². The molecule has 0 spiro atoms. The molecular weight excluding hydrogens is 351 g/mol. The number of carbonyl (C=O) groups excluding carboxylic acids is 2. The van der Waals surface area contributed by atoms with Crippen LogP contribution in [0.15, 0.2) is 36.4 Å². The van der Waals surface area contributed by atoms with Crippen LogP contribution in [-0.4, -0.2) is 11.9 Å². The molecule has 0 aliphatic rings. The van der Waals surface area contributed by atoms with Gasteiger partial charge in [0.2, 0.25) is 0 Å². The van der Waals surface area contributed by atoms with Gasteiger partial charge < -0.3 is 5.32 Å².